The van der Waals surface area contributed by atoms with E-state index in [9.17, 15) is 4.79 Å². The first-order valence-electron chi connectivity index (χ1n) is 3.79. The number of rotatable bonds is 2. The van der Waals surface area contributed by atoms with Crippen LogP contribution in [0.5, 0.6) is 0 Å². The molecule has 1 rings (SSSR count). The number of hydrogen-bond acceptors (Lipinski definition) is 2. The Balaban J connectivity index is 3.05. The Bertz CT molecular complexity index is 352. The van der Waals surface area contributed by atoms with Gasteiger partial charge in [-0.05, 0) is 6.07 Å². The predicted molar refractivity (Wildman–Crippen MR) is 48.1 cm³/mol. The van der Waals surface area contributed by atoms with Crippen molar-refractivity contribution in [3.63, 3.8) is 0 Å². The molecule has 13 heavy (non-hydrogen) atoms. The Morgan fingerprint density at radius 3 is 2.85 bits per heavy atom. The van der Waals surface area contributed by atoms with Crippen LogP contribution in [0.4, 0.5) is 0 Å². The molecule has 0 aliphatic heterocycles. The number of esters is 1. The third-order valence-electron chi connectivity index (χ3n) is 1.67. The van der Waals surface area contributed by atoms with E-state index < -0.39 is 0 Å². The lowest BCUT2D eigenvalue weighted by Crippen LogP contribution is -2.04. The number of carbonyl (C=O) groups excluding carboxylic acids is 1. The zero-order valence-corrected chi connectivity index (χ0v) is 7.28. The first-order chi connectivity index (χ1) is 6.29. The maximum Gasteiger partial charge on any atom is 0.338 e. The number of ether oxygens (including phenoxy) is 1. The molecule has 66 valence electrons. The summed E-state index contributed by atoms with van der Waals surface area (Å²) in [6, 6.07) is 6.96. The lowest BCUT2D eigenvalue weighted by molar-refractivity contribution is 0.0599. The van der Waals surface area contributed by atoms with E-state index in [1.807, 2.05) is 0 Å². The van der Waals surface area contributed by atoms with Gasteiger partial charge in [0.05, 0.1) is 12.7 Å². The van der Waals surface area contributed by atoms with Crippen molar-refractivity contribution in [3.8, 4) is 0 Å². The average molecular weight is 175 g/mol. The van der Waals surface area contributed by atoms with E-state index in [2.05, 4.69) is 9.58 Å². The summed E-state index contributed by atoms with van der Waals surface area (Å²) in [5, 5.41) is 0. The lowest BCUT2D eigenvalue weighted by Gasteiger charge is -2.01. The van der Waals surface area contributed by atoms with Crippen molar-refractivity contribution in [1.82, 2.24) is 0 Å². The van der Waals surface area contributed by atoms with Crippen LogP contribution in [0.25, 0.3) is 4.85 Å². The van der Waals surface area contributed by atoms with Gasteiger partial charge in [0.25, 0.3) is 0 Å². The molecule has 3 nitrogen and oxygen atoms in total. The van der Waals surface area contributed by atoms with Gasteiger partial charge in [-0.3, -0.25) is 0 Å². The van der Waals surface area contributed by atoms with E-state index in [0.717, 1.165) is 0 Å². The van der Waals surface area contributed by atoms with Gasteiger partial charge in [0, 0.05) is 5.56 Å². The standard InChI is InChI=1S/C10H9NO2/c1-11-7-8-5-3-4-6-9(8)10(12)13-2/h3-6H,7H2,2H3. The van der Waals surface area contributed by atoms with Crippen molar-refractivity contribution in [2.24, 2.45) is 0 Å². The van der Waals surface area contributed by atoms with Crippen molar-refractivity contribution < 1.29 is 9.53 Å². The Kier molecular flexibility index (Phi) is 3.04. The summed E-state index contributed by atoms with van der Waals surface area (Å²) in [6.45, 7) is 6.92. The molecule has 1 aromatic carbocycles. The van der Waals surface area contributed by atoms with Crippen molar-refractivity contribution in [2.75, 3.05) is 7.11 Å². The Morgan fingerprint density at radius 1 is 1.54 bits per heavy atom. The van der Waals surface area contributed by atoms with Gasteiger partial charge in [-0.25, -0.2) is 11.4 Å². The highest BCUT2D eigenvalue weighted by Crippen LogP contribution is 2.10. The molecule has 0 bridgehead atoms. The van der Waals surface area contributed by atoms with Gasteiger partial charge in [-0.15, -0.1) is 0 Å². The van der Waals surface area contributed by atoms with Gasteiger partial charge < -0.3 is 9.58 Å². The van der Waals surface area contributed by atoms with Crippen molar-refractivity contribution in [1.29, 1.82) is 0 Å². The first kappa shape index (κ1) is 9.27. The van der Waals surface area contributed by atoms with E-state index >= 15 is 0 Å². The zero-order chi connectivity index (χ0) is 9.68. The van der Waals surface area contributed by atoms with Crippen LogP contribution in [0.15, 0.2) is 24.3 Å². The number of benzene rings is 1. The molecule has 0 radical (unpaired) electrons. The third-order valence-corrected chi connectivity index (χ3v) is 1.67. The number of hydrogen-bond donors (Lipinski definition) is 0. The normalized spacial score (nSPS) is 8.92. The number of methoxy groups -OCH3 is 1. The van der Waals surface area contributed by atoms with Crippen LogP contribution >= 0.6 is 0 Å². The molecule has 0 fully saturated rings. The fraction of sp³-hybridized carbons (Fsp3) is 0.200. The number of carbonyl (C=O) groups is 1. The van der Waals surface area contributed by atoms with Crippen LogP contribution in [0.3, 0.4) is 0 Å². The van der Waals surface area contributed by atoms with Gasteiger partial charge in [0.15, 0.2) is 0 Å². The summed E-state index contributed by atoms with van der Waals surface area (Å²) in [4.78, 5) is 14.4. The van der Waals surface area contributed by atoms with E-state index in [-0.39, 0.29) is 12.5 Å². The molecule has 0 amide bonds. The molecule has 0 atom stereocenters. The van der Waals surface area contributed by atoms with E-state index in [1.165, 1.54) is 7.11 Å². The summed E-state index contributed by atoms with van der Waals surface area (Å²) in [6.07, 6.45) is 0. The van der Waals surface area contributed by atoms with Gasteiger partial charge in [0.2, 0.25) is 6.54 Å². The molecule has 1 aromatic rings. The maximum absolute atomic E-state index is 11.2. The molecule has 0 aromatic heterocycles. The largest absolute Gasteiger partial charge is 0.465 e. The summed E-state index contributed by atoms with van der Waals surface area (Å²) in [5.41, 5.74) is 1.19. The van der Waals surface area contributed by atoms with Crippen LogP contribution in [0, 0.1) is 6.57 Å². The monoisotopic (exact) mass is 175 g/mol. The summed E-state index contributed by atoms with van der Waals surface area (Å²) >= 11 is 0. The molecule has 0 unspecified atom stereocenters. The average Bonchev–Trinajstić information content (AvgIpc) is 2.18. The van der Waals surface area contributed by atoms with E-state index in [0.29, 0.717) is 11.1 Å². The van der Waals surface area contributed by atoms with Gasteiger partial charge >= 0.3 is 5.97 Å². The fourth-order valence-corrected chi connectivity index (χ4v) is 1.05. The smallest absolute Gasteiger partial charge is 0.338 e. The molecule has 0 N–H and O–H groups in total. The lowest BCUT2D eigenvalue weighted by atomic mass is 10.1. The fourth-order valence-electron chi connectivity index (χ4n) is 1.05. The molecular formula is C10H9NO2. The highest BCUT2D eigenvalue weighted by molar-refractivity contribution is 5.91. The van der Waals surface area contributed by atoms with Crippen molar-refractivity contribution >= 4 is 5.97 Å². The van der Waals surface area contributed by atoms with Crippen LogP contribution in [0.2, 0.25) is 0 Å². The Labute approximate surface area is 76.8 Å². The highest BCUT2D eigenvalue weighted by atomic mass is 16.5. The quantitative estimate of drug-likeness (QED) is 0.507. The predicted octanol–water partition coefficient (Wildman–Crippen LogP) is 1.89. The van der Waals surface area contributed by atoms with Gasteiger partial charge in [-0.2, -0.15) is 0 Å². The second-order valence-electron chi connectivity index (χ2n) is 2.46. The Morgan fingerprint density at radius 2 is 2.23 bits per heavy atom. The van der Waals surface area contributed by atoms with Crippen molar-refractivity contribution in [2.45, 2.75) is 6.54 Å². The molecule has 0 saturated carbocycles. The molecule has 0 saturated heterocycles. The molecule has 0 aliphatic rings. The SMILES string of the molecule is [C-]#[N+]Cc1ccccc1C(=O)OC. The van der Waals surface area contributed by atoms with Gasteiger partial charge in [-0.1, -0.05) is 18.2 Å². The maximum atomic E-state index is 11.2. The van der Waals surface area contributed by atoms with E-state index in [4.69, 9.17) is 6.57 Å². The Hall–Kier alpha value is -1.82. The highest BCUT2D eigenvalue weighted by Gasteiger charge is 2.11. The molecular weight excluding hydrogens is 166 g/mol. The van der Waals surface area contributed by atoms with Crippen LogP contribution in [-0.2, 0) is 11.3 Å². The first-order valence-corrected chi connectivity index (χ1v) is 3.79. The topological polar surface area (TPSA) is 30.7 Å². The van der Waals surface area contributed by atoms with Crippen LogP contribution in [0.1, 0.15) is 15.9 Å². The summed E-state index contributed by atoms with van der Waals surface area (Å²) in [7, 11) is 1.33. The van der Waals surface area contributed by atoms with Crippen LogP contribution in [-0.4, -0.2) is 13.1 Å². The molecule has 3 heteroatoms. The zero-order valence-electron chi connectivity index (χ0n) is 7.28. The van der Waals surface area contributed by atoms with Gasteiger partial charge in [0.1, 0.15) is 0 Å². The minimum Gasteiger partial charge on any atom is -0.465 e. The minimum absolute atomic E-state index is 0.214. The minimum atomic E-state index is -0.390. The molecule has 0 aliphatic carbocycles. The summed E-state index contributed by atoms with van der Waals surface area (Å²) in [5.74, 6) is -0.390. The second-order valence-corrected chi connectivity index (χ2v) is 2.46. The molecule has 0 heterocycles. The van der Waals surface area contributed by atoms with Crippen LogP contribution < -0.4 is 0 Å². The van der Waals surface area contributed by atoms with Crippen molar-refractivity contribution in [3.05, 3.63) is 46.8 Å². The third kappa shape index (κ3) is 2.06. The summed E-state index contributed by atoms with van der Waals surface area (Å²) < 4.78 is 4.58. The second kappa shape index (κ2) is 4.27. The van der Waals surface area contributed by atoms with E-state index in [1.54, 1.807) is 24.3 Å². The number of nitrogens with zero attached hydrogens (tertiary/aromatic N) is 1. The molecule has 0 spiro atoms.